The van der Waals surface area contributed by atoms with Crippen molar-refractivity contribution in [3.8, 4) is 5.75 Å². The molecule has 18 heavy (non-hydrogen) atoms. The summed E-state index contributed by atoms with van der Waals surface area (Å²) in [4.78, 5) is 2.26. The van der Waals surface area contributed by atoms with Crippen molar-refractivity contribution in [1.29, 1.82) is 0 Å². The summed E-state index contributed by atoms with van der Waals surface area (Å²) in [5.74, 6) is 0.855. The Balaban J connectivity index is 2.36. The van der Waals surface area contributed by atoms with Gasteiger partial charge in [-0.15, -0.1) is 0 Å². The third kappa shape index (κ3) is 2.44. The first-order chi connectivity index (χ1) is 8.65. The van der Waals surface area contributed by atoms with Gasteiger partial charge >= 0.3 is 0 Å². The number of anilines is 1. The van der Waals surface area contributed by atoms with Crippen LogP contribution in [0.1, 0.15) is 24.9 Å². The molecule has 0 saturated carbocycles. The highest BCUT2D eigenvalue weighted by molar-refractivity contribution is 5.61. The van der Waals surface area contributed by atoms with E-state index in [9.17, 15) is 0 Å². The van der Waals surface area contributed by atoms with Crippen LogP contribution in [0.5, 0.6) is 5.75 Å². The molecular formula is C14H22N2O2. The lowest BCUT2D eigenvalue weighted by Gasteiger charge is -2.29. The second-order valence-electron chi connectivity index (χ2n) is 4.81. The van der Waals surface area contributed by atoms with Crippen molar-refractivity contribution < 1.29 is 9.47 Å². The number of hydrogen-bond donors (Lipinski definition) is 1. The molecular weight excluding hydrogens is 228 g/mol. The average Bonchev–Trinajstić information content (AvgIpc) is 2.90. The van der Waals surface area contributed by atoms with Crippen molar-refractivity contribution in [3.05, 3.63) is 23.8 Å². The maximum absolute atomic E-state index is 6.09. The van der Waals surface area contributed by atoms with Crippen molar-refractivity contribution in [3.63, 3.8) is 0 Å². The molecule has 100 valence electrons. The molecule has 0 radical (unpaired) electrons. The van der Waals surface area contributed by atoms with Crippen LogP contribution in [0, 0.1) is 0 Å². The standard InChI is InChI=1S/C14H22N2O2/c1-10(15)14-12(5-4-6-13(14)17-3)16(2)11-7-8-18-9-11/h4-6,10-11H,7-9,15H2,1-3H3. The summed E-state index contributed by atoms with van der Waals surface area (Å²) in [6.45, 7) is 3.61. The van der Waals surface area contributed by atoms with E-state index >= 15 is 0 Å². The third-order valence-corrected chi connectivity index (χ3v) is 3.55. The van der Waals surface area contributed by atoms with Gasteiger partial charge in [0.15, 0.2) is 0 Å². The first-order valence-corrected chi connectivity index (χ1v) is 6.38. The molecule has 0 bridgehead atoms. The fraction of sp³-hybridized carbons (Fsp3) is 0.571. The quantitative estimate of drug-likeness (QED) is 0.887. The van der Waals surface area contributed by atoms with Crippen LogP contribution in [0.2, 0.25) is 0 Å². The Labute approximate surface area is 109 Å². The molecule has 1 aromatic carbocycles. The van der Waals surface area contributed by atoms with E-state index in [1.165, 1.54) is 0 Å². The number of ether oxygens (including phenoxy) is 2. The van der Waals surface area contributed by atoms with Gasteiger partial charge in [-0.2, -0.15) is 0 Å². The Morgan fingerprint density at radius 3 is 2.83 bits per heavy atom. The minimum Gasteiger partial charge on any atom is -0.496 e. The molecule has 1 fully saturated rings. The maximum atomic E-state index is 6.09. The summed E-state index contributed by atoms with van der Waals surface area (Å²) in [6, 6.07) is 6.43. The van der Waals surface area contributed by atoms with Crippen LogP contribution >= 0.6 is 0 Å². The van der Waals surface area contributed by atoms with Crippen LogP contribution < -0.4 is 15.4 Å². The van der Waals surface area contributed by atoms with Crippen molar-refractivity contribution in [1.82, 2.24) is 0 Å². The van der Waals surface area contributed by atoms with Gasteiger partial charge in [0, 0.05) is 30.9 Å². The van der Waals surface area contributed by atoms with Crippen molar-refractivity contribution in [2.45, 2.75) is 25.4 Å². The predicted molar refractivity (Wildman–Crippen MR) is 73.2 cm³/mol. The molecule has 4 heteroatoms. The van der Waals surface area contributed by atoms with Crippen LogP contribution in [0.4, 0.5) is 5.69 Å². The molecule has 1 heterocycles. The number of likely N-dealkylation sites (N-methyl/N-ethyl adjacent to an activating group) is 1. The molecule has 1 aromatic rings. The Morgan fingerprint density at radius 2 is 2.28 bits per heavy atom. The maximum Gasteiger partial charge on any atom is 0.125 e. The first-order valence-electron chi connectivity index (χ1n) is 6.38. The van der Waals surface area contributed by atoms with Crippen molar-refractivity contribution in [2.75, 3.05) is 32.3 Å². The minimum absolute atomic E-state index is 0.0547. The largest absolute Gasteiger partial charge is 0.496 e. The van der Waals surface area contributed by atoms with E-state index in [4.69, 9.17) is 15.2 Å². The fourth-order valence-corrected chi connectivity index (χ4v) is 2.50. The molecule has 2 rings (SSSR count). The van der Waals surface area contributed by atoms with Crippen molar-refractivity contribution in [2.24, 2.45) is 5.73 Å². The number of nitrogens with zero attached hydrogens (tertiary/aromatic N) is 1. The van der Waals surface area contributed by atoms with Crippen LogP contribution in [-0.2, 0) is 4.74 Å². The highest BCUT2D eigenvalue weighted by Crippen LogP contribution is 2.34. The minimum atomic E-state index is -0.0547. The highest BCUT2D eigenvalue weighted by atomic mass is 16.5. The molecule has 1 saturated heterocycles. The van der Waals surface area contributed by atoms with Crippen LogP contribution in [0.25, 0.3) is 0 Å². The second kappa shape index (κ2) is 5.59. The normalized spacial score (nSPS) is 20.8. The average molecular weight is 250 g/mol. The van der Waals surface area contributed by atoms with E-state index < -0.39 is 0 Å². The monoisotopic (exact) mass is 250 g/mol. The summed E-state index contributed by atoms with van der Waals surface area (Å²) in [5, 5.41) is 0. The Bertz CT molecular complexity index is 401. The summed E-state index contributed by atoms with van der Waals surface area (Å²) in [7, 11) is 3.78. The van der Waals surface area contributed by atoms with Crippen LogP contribution in [-0.4, -0.2) is 33.4 Å². The zero-order chi connectivity index (χ0) is 13.1. The van der Waals surface area contributed by atoms with E-state index in [0.717, 1.165) is 36.6 Å². The lowest BCUT2D eigenvalue weighted by molar-refractivity contribution is 0.193. The topological polar surface area (TPSA) is 47.7 Å². The van der Waals surface area contributed by atoms with Gasteiger partial charge in [-0.1, -0.05) is 6.07 Å². The number of nitrogens with two attached hydrogens (primary N) is 1. The van der Waals surface area contributed by atoms with E-state index in [1.54, 1.807) is 7.11 Å². The Hall–Kier alpha value is -1.26. The van der Waals surface area contributed by atoms with Crippen LogP contribution in [0.3, 0.4) is 0 Å². The van der Waals surface area contributed by atoms with E-state index in [2.05, 4.69) is 18.0 Å². The molecule has 1 aliphatic rings. The summed E-state index contributed by atoms with van der Waals surface area (Å²) < 4.78 is 10.9. The molecule has 1 aliphatic heterocycles. The van der Waals surface area contributed by atoms with Gasteiger partial charge in [-0.25, -0.2) is 0 Å². The molecule has 0 aliphatic carbocycles. The Kier molecular flexibility index (Phi) is 4.09. The highest BCUT2D eigenvalue weighted by Gasteiger charge is 2.24. The van der Waals surface area contributed by atoms with Gasteiger partial charge in [0.2, 0.25) is 0 Å². The zero-order valence-electron chi connectivity index (χ0n) is 11.3. The molecule has 2 unspecified atom stereocenters. The van der Waals surface area contributed by atoms with Gasteiger partial charge in [0.25, 0.3) is 0 Å². The molecule has 4 nitrogen and oxygen atoms in total. The van der Waals surface area contributed by atoms with E-state index in [1.807, 2.05) is 19.1 Å². The van der Waals surface area contributed by atoms with E-state index in [-0.39, 0.29) is 6.04 Å². The first kappa shape index (κ1) is 13.2. The molecule has 0 aromatic heterocycles. The Morgan fingerprint density at radius 1 is 1.50 bits per heavy atom. The lowest BCUT2D eigenvalue weighted by atomic mass is 10.0. The summed E-state index contributed by atoms with van der Waals surface area (Å²) in [5.41, 5.74) is 8.29. The SMILES string of the molecule is COc1cccc(N(C)C2CCOC2)c1C(C)N. The van der Waals surface area contributed by atoms with Gasteiger partial charge in [0.1, 0.15) is 5.75 Å². The molecule has 2 atom stereocenters. The van der Waals surface area contributed by atoms with Gasteiger partial charge in [-0.3, -0.25) is 0 Å². The van der Waals surface area contributed by atoms with Crippen LogP contribution in [0.15, 0.2) is 18.2 Å². The lowest BCUT2D eigenvalue weighted by Crippen LogP contribution is -2.33. The molecule has 0 spiro atoms. The van der Waals surface area contributed by atoms with Gasteiger partial charge in [-0.05, 0) is 25.5 Å². The van der Waals surface area contributed by atoms with Crippen molar-refractivity contribution >= 4 is 5.69 Å². The summed E-state index contributed by atoms with van der Waals surface area (Å²) in [6.07, 6.45) is 1.06. The number of benzene rings is 1. The zero-order valence-corrected chi connectivity index (χ0v) is 11.3. The summed E-state index contributed by atoms with van der Waals surface area (Å²) >= 11 is 0. The number of rotatable bonds is 4. The molecule has 0 amide bonds. The second-order valence-corrected chi connectivity index (χ2v) is 4.81. The number of hydrogen-bond acceptors (Lipinski definition) is 4. The number of methoxy groups -OCH3 is 1. The smallest absolute Gasteiger partial charge is 0.125 e. The van der Waals surface area contributed by atoms with E-state index in [0.29, 0.717) is 6.04 Å². The van der Waals surface area contributed by atoms with Gasteiger partial charge in [0.05, 0.1) is 19.8 Å². The fourth-order valence-electron chi connectivity index (χ4n) is 2.50. The van der Waals surface area contributed by atoms with Gasteiger partial charge < -0.3 is 20.1 Å². The predicted octanol–water partition coefficient (Wildman–Crippen LogP) is 1.94. The molecule has 2 N–H and O–H groups in total. The third-order valence-electron chi connectivity index (χ3n) is 3.55.